The molecule has 1 unspecified atom stereocenters. The third-order valence-electron chi connectivity index (χ3n) is 0.664. The van der Waals surface area contributed by atoms with Crippen LogP contribution >= 0.6 is 0 Å². The quantitative estimate of drug-likeness (QED) is 0.417. The fourth-order valence-corrected chi connectivity index (χ4v) is 0.382. The maximum atomic E-state index is 8.42. The minimum absolute atomic E-state index is 0.557. The van der Waals surface area contributed by atoms with Gasteiger partial charge in [-0.3, -0.25) is 0 Å². The molecule has 0 amide bonds. The molecule has 34 valence electrons. The van der Waals surface area contributed by atoms with E-state index < -0.39 is 6.29 Å². The first-order valence-electron chi connectivity index (χ1n) is 1.86. The van der Waals surface area contributed by atoms with Crippen molar-refractivity contribution in [1.29, 1.82) is 0 Å². The fraction of sp³-hybridized carbons (Fsp3) is 0.500. The van der Waals surface area contributed by atoms with Gasteiger partial charge in [0.1, 0.15) is 0 Å². The predicted octanol–water partition coefficient (Wildman–Crippen LogP) is -0.109. The molecule has 1 aliphatic heterocycles. The highest BCUT2D eigenvalue weighted by Crippen LogP contribution is 1.96. The largest absolute Gasteiger partial charge is 0.365 e. The summed E-state index contributed by atoms with van der Waals surface area (Å²) in [7, 11) is 0. The lowest BCUT2D eigenvalue weighted by Crippen LogP contribution is -1.99. The minimum Gasteiger partial charge on any atom is -0.365 e. The van der Waals surface area contributed by atoms with Gasteiger partial charge in [0.25, 0.3) is 0 Å². The zero-order chi connectivity index (χ0) is 4.41. The molecule has 1 N–H and O–H groups in total. The van der Waals surface area contributed by atoms with E-state index in [1.165, 1.54) is 0 Å². The van der Waals surface area contributed by atoms with Crippen LogP contribution in [0.2, 0.25) is 0 Å². The van der Waals surface area contributed by atoms with Gasteiger partial charge >= 0.3 is 0 Å². The molecule has 1 heterocycles. The first kappa shape index (κ1) is 3.84. The van der Waals surface area contributed by atoms with Gasteiger partial charge in [0.2, 0.25) is 0 Å². The minimum atomic E-state index is -0.634. The van der Waals surface area contributed by atoms with E-state index in [2.05, 4.69) is 4.74 Å². The maximum absolute atomic E-state index is 8.42. The monoisotopic (exact) mass is 86.0 g/mol. The second-order valence-corrected chi connectivity index (χ2v) is 1.15. The third-order valence-corrected chi connectivity index (χ3v) is 0.664. The molecule has 0 bridgehead atoms. The van der Waals surface area contributed by atoms with Crippen LogP contribution in [0.3, 0.4) is 0 Å². The molecule has 6 heavy (non-hydrogen) atoms. The SMILES string of the molecule is OC1C=CCO1. The molecule has 0 aromatic heterocycles. The number of aliphatic hydroxyl groups excluding tert-OH is 1. The Bertz CT molecular complexity index is 67.9. The fourth-order valence-electron chi connectivity index (χ4n) is 0.382. The van der Waals surface area contributed by atoms with E-state index >= 15 is 0 Å². The summed E-state index contributed by atoms with van der Waals surface area (Å²) in [6.45, 7) is 0.557. The van der Waals surface area contributed by atoms with Crippen molar-refractivity contribution in [2.24, 2.45) is 0 Å². The van der Waals surface area contributed by atoms with Crippen LogP contribution in [0.1, 0.15) is 0 Å². The lowest BCUT2D eigenvalue weighted by atomic mass is 10.6. The molecule has 2 heteroatoms. The van der Waals surface area contributed by atoms with Gasteiger partial charge < -0.3 is 9.84 Å². The highest BCUT2D eigenvalue weighted by molar-refractivity contribution is 4.89. The van der Waals surface area contributed by atoms with Gasteiger partial charge in [-0.05, 0) is 6.08 Å². The van der Waals surface area contributed by atoms with Crippen molar-refractivity contribution < 1.29 is 9.84 Å². The summed E-state index contributed by atoms with van der Waals surface area (Å²) >= 11 is 0. The zero-order valence-corrected chi connectivity index (χ0v) is 3.29. The van der Waals surface area contributed by atoms with Crippen molar-refractivity contribution in [1.82, 2.24) is 0 Å². The van der Waals surface area contributed by atoms with Crippen LogP contribution in [0.4, 0.5) is 0 Å². The first-order valence-corrected chi connectivity index (χ1v) is 1.86. The lowest BCUT2D eigenvalue weighted by molar-refractivity contribution is -0.0383. The summed E-state index contributed by atoms with van der Waals surface area (Å²) < 4.78 is 4.60. The van der Waals surface area contributed by atoms with Gasteiger partial charge in [0.05, 0.1) is 6.61 Å². The number of ether oxygens (including phenoxy) is 1. The molecule has 0 radical (unpaired) electrons. The maximum Gasteiger partial charge on any atom is 0.174 e. The molecule has 1 atom stereocenters. The highest BCUT2D eigenvalue weighted by atomic mass is 16.6. The van der Waals surface area contributed by atoms with E-state index in [1.807, 2.05) is 0 Å². The Labute approximate surface area is 36.0 Å². The van der Waals surface area contributed by atoms with Crippen molar-refractivity contribution in [2.45, 2.75) is 6.29 Å². The molecular formula is C4H6O2. The van der Waals surface area contributed by atoms with Crippen molar-refractivity contribution in [3.8, 4) is 0 Å². The standard InChI is InChI=1S/C4H6O2/c5-4-2-1-3-6-4/h1-2,4-5H,3H2. The van der Waals surface area contributed by atoms with E-state index in [0.717, 1.165) is 0 Å². The van der Waals surface area contributed by atoms with Gasteiger partial charge in [0.15, 0.2) is 6.29 Å². The summed E-state index contributed by atoms with van der Waals surface area (Å²) in [5.41, 5.74) is 0. The van der Waals surface area contributed by atoms with Crippen LogP contribution in [0, 0.1) is 0 Å². The van der Waals surface area contributed by atoms with Gasteiger partial charge in [-0.1, -0.05) is 6.08 Å². The molecule has 0 saturated heterocycles. The second kappa shape index (κ2) is 1.41. The van der Waals surface area contributed by atoms with Crippen molar-refractivity contribution in [3.63, 3.8) is 0 Å². The van der Waals surface area contributed by atoms with Crippen molar-refractivity contribution in [2.75, 3.05) is 6.61 Å². The third kappa shape index (κ3) is 0.584. The van der Waals surface area contributed by atoms with Crippen LogP contribution in [0.25, 0.3) is 0 Å². The Kier molecular flexibility index (Phi) is 0.900. The number of hydrogen-bond donors (Lipinski definition) is 1. The Morgan fingerprint density at radius 2 is 2.67 bits per heavy atom. The first-order chi connectivity index (χ1) is 2.89. The van der Waals surface area contributed by atoms with Crippen LogP contribution in [0.15, 0.2) is 12.2 Å². The van der Waals surface area contributed by atoms with E-state index in [0.29, 0.717) is 6.61 Å². The molecule has 1 rings (SSSR count). The van der Waals surface area contributed by atoms with E-state index in [4.69, 9.17) is 5.11 Å². The average Bonchev–Trinajstić information content (AvgIpc) is 1.86. The molecule has 2 nitrogen and oxygen atoms in total. The predicted molar refractivity (Wildman–Crippen MR) is 21.1 cm³/mol. The van der Waals surface area contributed by atoms with Gasteiger partial charge in [0, 0.05) is 0 Å². The van der Waals surface area contributed by atoms with Gasteiger partial charge in [-0.15, -0.1) is 0 Å². The Morgan fingerprint density at radius 3 is 2.83 bits per heavy atom. The van der Waals surface area contributed by atoms with Crippen LogP contribution < -0.4 is 0 Å². The molecule has 0 spiro atoms. The number of hydrogen-bond acceptors (Lipinski definition) is 2. The molecule has 0 aromatic rings. The summed E-state index contributed by atoms with van der Waals surface area (Å²) in [5.74, 6) is 0. The average molecular weight is 86.1 g/mol. The van der Waals surface area contributed by atoms with Crippen LogP contribution in [0.5, 0.6) is 0 Å². The smallest absolute Gasteiger partial charge is 0.174 e. The second-order valence-electron chi connectivity index (χ2n) is 1.15. The van der Waals surface area contributed by atoms with E-state index in [9.17, 15) is 0 Å². The Morgan fingerprint density at radius 1 is 1.83 bits per heavy atom. The van der Waals surface area contributed by atoms with Crippen molar-refractivity contribution in [3.05, 3.63) is 12.2 Å². The zero-order valence-electron chi connectivity index (χ0n) is 3.29. The topological polar surface area (TPSA) is 29.5 Å². The van der Waals surface area contributed by atoms with Gasteiger partial charge in [-0.2, -0.15) is 0 Å². The lowest BCUT2D eigenvalue weighted by Gasteiger charge is -1.93. The summed E-state index contributed by atoms with van der Waals surface area (Å²) in [5, 5.41) is 8.42. The molecule has 0 fully saturated rings. The number of rotatable bonds is 0. The summed E-state index contributed by atoms with van der Waals surface area (Å²) in [6, 6.07) is 0. The normalized spacial score (nSPS) is 31.8. The van der Waals surface area contributed by atoms with Crippen LogP contribution in [-0.4, -0.2) is 18.0 Å². The van der Waals surface area contributed by atoms with Gasteiger partial charge in [-0.25, -0.2) is 0 Å². The Balaban J connectivity index is 2.38. The number of aliphatic hydroxyl groups is 1. The van der Waals surface area contributed by atoms with Crippen molar-refractivity contribution >= 4 is 0 Å². The Hall–Kier alpha value is -0.340. The molecule has 0 aromatic carbocycles. The molecule has 0 aliphatic carbocycles. The molecular weight excluding hydrogens is 80.0 g/mol. The van der Waals surface area contributed by atoms with E-state index in [-0.39, 0.29) is 0 Å². The summed E-state index contributed by atoms with van der Waals surface area (Å²) in [4.78, 5) is 0. The summed E-state index contributed by atoms with van der Waals surface area (Å²) in [6.07, 6.45) is 2.76. The van der Waals surface area contributed by atoms with E-state index in [1.54, 1.807) is 12.2 Å². The molecule has 1 aliphatic rings. The molecule has 0 saturated carbocycles. The highest BCUT2D eigenvalue weighted by Gasteiger charge is 2.00. The van der Waals surface area contributed by atoms with Crippen LogP contribution in [-0.2, 0) is 4.74 Å².